The maximum absolute atomic E-state index is 13.5. The van der Waals surface area contributed by atoms with E-state index in [1.807, 2.05) is 24.0 Å². The lowest BCUT2D eigenvalue weighted by Crippen LogP contribution is -2.42. The first-order valence-electron chi connectivity index (χ1n) is 12.6. The number of carbonyl (C=O) groups is 1. The van der Waals surface area contributed by atoms with Crippen LogP contribution in [0, 0.1) is 11.7 Å². The second-order valence-corrected chi connectivity index (χ2v) is 10.2. The first-order valence-corrected chi connectivity index (χ1v) is 12.6. The lowest BCUT2D eigenvalue weighted by molar-refractivity contribution is 0.0670. The first kappa shape index (κ1) is 23.8. The minimum atomic E-state index is -0.253. The lowest BCUT2D eigenvalue weighted by atomic mass is 9.96. The molecule has 5 rings (SSSR count). The Morgan fingerprint density at radius 3 is 2.57 bits per heavy atom. The van der Waals surface area contributed by atoms with Gasteiger partial charge in [0.15, 0.2) is 5.76 Å². The summed E-state index contributed by atoms with van der Waals surface area (Å²) in [5.74, 6) is 1.55. The molecule has 2 fully saturated rings. The van der Waals surface area contributed by atoms with Gasteiger partial charge in [-0.3, -0.25) is 4.79 Å². The van der Waals surface area contributed by atoms with Crippen LogP contribution in [-0.4, -0.2) is 47.9 Å². The van der Waals surface area contributed by atoms with Crippen molar-refractivity contribution in [3.63, 3.8) is 0 Å². The number of hydrogen-bond donors (Lipinski definition) is 1. The molecule has 0 bridgehead atoms. The van der Waals surface area contributed by atoms with Crippen LogP contribution in [0.2, 0.25) is 0 Å². The highest BCUT2D eigenvalue weighted by Gasteiger charge is 2.38. The molecule has 2 aliphatic rings. The zero-order chi connectivity index (χ0) is 24.4. The fourth-order valence-electron chi connectivity index (χ4n) is 5.69. The number of furan rings is 1. The summed E-state index contributed by atoms with van der Waals surface area (Å²) in [5, 5.41) is 0. The Hall–Kier alpha value is -2.96. The molecule has 35 heavy (non-hydrogen) atoms. The summed E-state index contributed by atoms with van der Waals surface area (Å²) in [7, 11) is 0. The number of nitrogens with zero attached hydrogens (tertiary/aromatic N) is 2. The van der Waals surface area contributed by atoms with Crippen molar-refractivity contribution in [1.82, 2.24) is 9.80 Å². The van der Waals surface area contributed by atoms with E-state index in [1.165, 1.54) is 17.7 Å². The van der Waals surface area contributed by atoms with Gasteiger partial charge in [0.1, 0.15) is 11.6 Å². The van der Waals surface area contributed by atoms with E-state index in [0.717, 1.165) is 44.5 Å². The van der Waals surface area contributed by atoms with Gasteiger partial charge >= 0.3 is 0 Å². The van der Waals surface area contributed by atoms with Crippen LogP contribution in [0.25, 0.3) is 0 Å². The Morgan fingerprint density at radius 1 is 1.09 bits per heavy atom. The average Bonchev–Trinajstić information content (AvgIpc) is 3.61. The molecule has 2 aliphatic heterocycles. The van der Waals surface area contributed by atoms with Gasteiger partial charge in [-0.15, -0.1) is 0 Å². The highest BCUT2D eigenvalue weighted by atomic mass is 19.1. The third-order valence-corrected chi connectivity index (χ3v) is 7.50. The molecular formula is C29H34FN3O2. The number of benzene rings is 2. The van der Waals surface area contributed by atoms with Gasteiger partial charge in [-0.05, 0) is 80.0 Å². The fourth-order valence-corrected chi connectivity index (χ4v) is 5.69. The molecule has 6 heteroatoms. The Kier molecular flexibility index (Phi) is 7.02. The van der Waals surface area contributed by atoms with E-state index >= 15 is 0 Å². The SMILES string of the molecule is CC(N)c1ccc(C(=O)N2CC(Cc3ccc(F)cc3)C[C@H]2CN2CCC(c3ccccc3)C2)o1. The van der Waals surface area contributed by atoms with E-state index < -0.39 is 0 Å². The first-order chi connectivity index (χ1) is 17.0. The molecule has 3 heterocycles. The van der Waals surface area contributed by atoms with Crippen LogP contribution in [0.3, 0.4) is 0 Å². The van der Waals surface area contributed by atoms with Gasteiger partial charge < -0.3 is 20.0 Å². The topological polar surface area (TPSA) is 62.7 Å². The molecule has 0 aliphatic carbocycles. The van der Waals surface area contributed by atoms with Crippen LogP contribution in [0.5, 0.6) is 0 Å². The second-order valence-electron chi connectivity index (χ2n) is 10.2. The summed E-state index contributed by atoms with van der Waals surface area (Å²) < 4.78 is 19.2. The maximum Gasteiger partial charge on any atom is 0.289 e. The second kappa shape index (κ2) is 10.3. The molecule has 184 valence electrons. The van der Waals surface area contributed by atoms with Crippen LogP contribution >= 0.6 is 0 Å². The molecule has 0 spiro atoms. The average molecular weight is 476 g/mol. The molecule has 3 aromatic rings. The van der Waals surface area contributed by atoms with Gasteiger partial charge in [-0.2, -0.15) is 0 Å². The standard InChI is InChI=1S/C29H34FN3O2/c1-20(31)27-11-12-28(35-27)29(34)33-17-22(15-21-7-9-25(30)10-8-21)16-26(33)19-32-14-13-24(18-32)23-5-3-2-4-6-23/h2-12,20,22,24,26H,13-19,31H2,1H3/t20?,22?,24?,26-/m0/s1. The normalized spacial score (nSPS) is 23.6. The quantitative estimate of drug-likeness (QED) is 0.522. The van der Waals surface area contributed by atoms with Crippen LogP contribution in [-0.2, 0) is 6.42 Å². The Morgan fingerprint density at radius 2 is 1.86 bits per heavy atom. The summed E-state index contributed by atoms with van der Waals surface area (Å²) in [4.78, 5) is 18.0. The number of nitrogens with two attached hydrogens (primary N) is 1. The predicted molar refractivity (Wildman–Crippen MR) is 135 cm³/mol. The van der Waals surface area contributed by atoms with Crippen LogP contribution < -0.4 is 5.73 Å². The fraction of sp³-hybridized carbons (Fsp3) is 0.414. The molecule has 4 atom stereocenters. The molecule has 5 nitrogen and oxygen atoms in total. The van der Waals surface area contributed by atoms with Crippen molar-refractivity contribution < 1.29 is 13.6 Å². The van der Waals surface area contributed by atoms with Crippen LogP contribution in [0.1, 0.15) is 59.2 Å². The molecule has 2 N–H and O–H groups in total. The van der Waals surface area contributed by atoms with Crippen LogP contribution in [0.15, 0.2) is 71.1 Å². The van der Waals surface area contributed by atoms with Gasteiger partial charge in [-0.1, -0.05) is 42.5 Å². The maximum atomic E-state index is 13.5. The third-order valence-electron chi connectivity index (χ3n) is 7.50. The number of carbonyl (C=O) groups excluding carboxylic acids is 1. The van der Waals surface area contributed by atoms with Crippen molar-refractivity contribution in [2.24, 2.45) is 11.7 Å². The minimum Gasteiger partial charge on any atom is -0.454 e. The van der Waals surface area contributed by atoms with Gasteiger partial charge in [0.2, 0.25) is 0 Å². The largest absolute Gasteiger partial charge is 0.454 e. The third kappa shape index (κ3) is 5.49. The molecule has 3 unspecified atom stereocenters. The van der Waals surface area contributed by atoms with Crippen molar-refractivity contribution in [3.05, 3.63) is 95.2 Å². The molecule has 0 saturated carbocycles. The van der Waals surface area contributed by atoms with E-state index in [-0.39, 0.29) is 23.8 Å². The summed E-state index contributed by atoms with van der Waals surface area (Å²) in [5.41, 5.74) is 8.44. The molecule has 2 aromatic carbocycles. The zero-order valence-corrected chi connectivity index (χ0v) is 20.3. The van der Waals surface area contributed by atoms with E-state index in [0.29, 0.717) is 29.9 Å². The van der Waals surface area contributed by atoms with Gasteiger partial charge in [-0.25, -0.2) is 4.39 Å². The van der Waals surface area contributed by atoms with Gasteiger partial charge in [0.25, 0.3) is 5.91 Å². The van der Waals surface area contributed by atoms with E-state index in [2.05, 4.69) is 35.2 Å². The number of rotatable bonds is 7. The van der Waals surface area contributed by atoms with Crippen molar-refractivity contribution in [2.45, 2.75) is 44.2 Å². The van der Waals surface area contributed by atoms with E-state index in [1.54, 1.807) is 12.1 Å². The molecule has 1 aromatic heterocycles. The number of amides is 1. The number of halogens is 1. The van der Waals surface area contributed by atoms with Gasteiger partial charge in [0, 0.05) is 25.7 Å². The predicted octanol–water partition coefficient (Wildman–Crippen LogP) is 5.00. The number of likely N-dealkylation sites (tertiary alicyclic amines) is 2. The van der Waals surface area contributed by atoms with Crippen molar-refractivity contribution >= 4 is 5.91 Å². The van der Waals surface area contributed by atoms with Crippen molar-refractivity contribution in [3.8, 4) is 0 Å². The van der Waals surface area contributed by atoms with E-state index in [4.69, 9.17) is 10.2 Å². The highest BCUT2D eigenvalue weighted by molar-refractivity contribution is 5.92. The molecule has 1 amide bonds. The lowest BCUT2D eigenvalue weighted by Gasteiger charge is -2.28. The van der Waals surface area contributed by atoms with Crippen LogP contribution in [0.4, 0.5) is 4.39 Å². The summed E-state index contributed by atoms with van der Waals surface area (Å²) in [6, 6.07) is 20.8. The monoisotopic (exact) mass is 475 g/mol. The molecule has 2 saturated heterocycles. The van der Waals surface area contributed by atoms with Gasteiger partial charge in [0.05, 0.1) is 6.04 Å². The van der Waals surface area contributed by atoms with Crippen molar-refractivity contribution in [1.29, 1.82) is 0 Å². The Balaban J connectivity index is 1.30. The smallest absolute Gasteiger partial charge is 0.289 e. The Labute approximate surface area is 206 Å². The molecular weight excluding hydrogens is 441 g/mol. The summed E-state index contributed by atoms with van der Waals surface area (Å²) >= 11 is 0. The highest BCUT2D eigenvalue weighted by Crippen LogP contribution is 2.32. The minimum absolute atomic E-state index is 0.0673. The van der Waals surface area contributed by atoms with Crippen molar-refractivity contribution in [2.75, 3.05) is 26.2 Å². The Bertz CT molecular complexity index is 1130. The summed E-state index contributed by atoms with van der Waals surface area (Å²) in [6.45, 7) is 5.43. The van der Waals surface area contributed by atoms with E-state index in [9.17, 15) is 9.18 Å². The number of hydrogen-bond acceptors (Lipinski definition) is 4. The summed E-state index contributed by atoms with van der Waals surface area (Å²) in [6.07, 6.45) is 2.90. The zero-order valence-electron chi connectivity index (χ0n) is 20.3. The molecule has 0 radical (unpaired) electrons.